The summed E-state index contributed by atoms with van der Waals surface area (Å²) in [7, 11) is 1.72. The van der Waals surface area contributed by atoms with Crippen LogP contribution in [-0.2, 0) is 23.0 Å². The Balaban J connectivity index is 1.35. The standard InChI is InChI=1S/C28H26N6O4/c1-33-23(36)12-11-21(27(33)34-13-15-37-16-14-34)26-31-32-28(38-26)30-25-22(35)17-19-9-5-6-10-20(19)24(29-25)18-7-3-2-4-8-18/h2-12,25H,13-17H2,1H3,(H,30,32)/t25-/m1/s1. The minimum absolute atomic E-state index is 0.0715. The summed E-state index contributed by atoms with van der Waals surface area (Å²) in [5, 5.41) is 11.4. The van der Waals surface area contributed by atoms with Crippen LogP contribution in [0.5, 0.6) is 0 Å². The van der Waals surface area contributed by atoms with Crippen molar-refractivity contribution in [3.05, 3.63) is 93.8 Å². The largest absolute Gasteiger partial charge is 0.403 e. The van der Waals surface area contributed by atoms with Gasteiger partial charge in [-0.3, -0.25) is 19.1 Å². The fourth-order valence-corrected chi connectivity index (χ4v) is 4.86. The molecule has 1 N–H and O–H groups in total. The van der Waals surface area contributed by atoms with Gasteiger partial charge in [-0.25, -0.2) is 0 Å². The first-order chi connectivity index (χ1) is 18.6. The number of morpholine rings is 1. The Bertz CT molecular complexity index is 1570. The Morgan fingerprint density at radius 3 is 2.47 bits per heavy atom. The van der Waals surface area contributed by atoms with Crippen molar-refractivity contribution in [1.82, 2.24) is 14.8 Å². The zero-order valence-corrected chi connectivity index (χ0v) is 20.8. The smallest absolute Gasteiger partial charge is 0.317 e. The number of nitrogens with zero attached hydrogens (tertiary/aromatic N) is 5. The van der Waals surface area contributed by atoms with Crippen LogP contribution >= 0.6 is 0 Å². The molecular formula is C28H26N6O4. The maximum absolute atomic E-state index is 13.3. The molecule has 2 aliphatic rings. The molecule has 6 rings (SSSR count). The van der Waals surface area contributed by atoms with Crippen molar-refractivity contribution in [2.24, 2.45) is 12.0 Å². The molecule has 38 heavy (non-hydrogen) atoms. The van der Waals surface area contributed by atoms with Crippen LogP contribution in [0.2, 0.25) is 0 Å². The Hall–Kier alpha value is -4.57. The minimum Gasteiger partial charge on any atom is -0.403 e. The van der Waals surface area contributed by atoms with Crippen molar-refractivity contribution >= 4 is 23.3 Å². The molecule has 4 heterocycles. The van der Waals surface area contributed by atoms with E-state index in [0.717, 1.165) is 22.4 Å². The third-order valence-electron chi connectivity index (χ3n) is 6.76. The van der Waals surface area contributed by atoms with Gasteiger partial charge in [0, 0.05) is 43.8 Å². The maximum Gasteiger partial charge on any atom is 0.317 e. The summed E-state index contributed by atoms with van der Waals surface area (Å²) in [4.78, 5) is 32.6. The summed E-state index contributed by atoms with van der Waals surface area (Å²) < 4.78 is 13.0. The molecule has 0 saturated carbocycles. The predicted octanol–water partition coefficient (Wildman–Crippen LogP) is 2.67. The van der Waals surface area contributed by atoms with Crippen LogP contribution in [0.15, 0.2) is 80.9 Å². The van der Waals surface area contributed by atoms with Crippen molar-refractivity contribution < 1.29 is 13.9 Å². The van der Waals surface area contributed by atoms with E-state index < -0.39 is 6.17 Å². The van der Waals surface area contributed by atoms with E-state index in [4.69, 9.17) is 14.1 Å². The van der Waals surface area contributed by atoms with E-state index in [1.54, 1.807) is 17.7 Å². The van der Waals surface area contributed by atoms with Gasteiger partial charge in [0.15, 0.2) is 11.9 Å². The second-order valence-corrected chi connectivity index (χ2v) is 9.17. The SMILES string of the molecule is Cn1c(N2CCOCC2)c(-c2nnc(N[C@H]3N=C(c4ccccc4)c4ccccc4CC3=O)o2)ccc1=O. The molecule has 1 fully saturated rings. The lowest BCUT2D eigenvalue weighted by Crippen LogP contribution is -2.39. The quantitative estimate of drug-likeness (QED) is 0.436. The van der Waals surface area contributed by atoms with Crippen LogP contribution in [0.1, 0.15) is 16.7 Å². The number of aromatic nitrogens is 3. The number of ketones is 1. The highest BCUT2D eigenvalue weighted by atomic mass is 16.5. The molecule has 0 aliphatic carbocycles. The van der Waals surface area contributed by atoms with Gasteiger partial charge in [-0.1, -0.05) is 59.7 Å². The first-order valence-corrected chi connectivity index (χ1v) is 12.5. The van der Waals surface area contributed by atoms with Crippen LogP contribution in [-0.4, -0.2) is 58.7 Å². The second kappa shape index (κ2) is 10.1. The molecule has 0 radical (unpaired) electrons. The lowest BCUT2D eigenvalue weighted by molar-refractivity contribution is -0.119. The number of anilines is 2. The lowest BCUT2D eigenvalue weighted by atomic mass is 9.96. The summed E-state index contributed by atoms with van der Waals surface area (Å²) in [6.07, 6.45) is -0.693. The van der Waals surface area contributed by atoms with E-state index in [1.165, 1.54) is 6.07 Å². The summed E-state index contributed by atoms with van der Waals surface area (Å²) in [6, 6.07) is 20.8. The molecule has 0 bridgehead atoms. The van der Waals surface area contributed by atoms with Crippen molar-refractivity contribution in [3.8, 4) is 11.5 Å². The highest BCUT2D eigenvalue weighted by molar-refractivity contribution is 6.16. The normalized spacial score (nSPS) is 17.5. The van der Waals surface area contributed by atoms with Crippen LogP contribution in [0.25, 0.3) is 11.5 Å². The van der Waals surface area contributed by atoms with Gasteiger partial charge in [-0.2, -0.15) is 0 Å². The van der Waals surface area contributed by atoms with E-state index in [-0.39, 0.29) is 29.7 Å². The number of pyridine rings is 1. The first kappa shape index (κ1) is 23.8. The predicted molar refractivity (Wildman–Crippen MR) is 143 cm³/mol. The number of hydrogen-bond acceptors (Lipinski definition) is 9. The molecular weight excluding hydrogens is 484 g/mol. The fraction of sp³-hybridized carbons (Fsp3) is 0.250. The number of hydrogen-bond donors (Lipinski definition) is 1. The van der Waals surface area contributed by atoms with E-state index in [9.17, 15) is 9.59 Å². The van der Waals surface area contributed by atoms with Crippen LogP contribution in [0.4, 0.5) is 11.8 Å². The molecule has 2 aromatic heterocycles. The number of benzene rings is 2. The number of carbonyl (C=O) groups excluding carboxylic acids is 1. The number of ether oxygens (including phenoxy) is 1. The van der Waals surface area contributed by atoms with Crippen LogP contribution in [0.3, 0.4) is 0 Å². The number of rotatable bonds is 5. The summed E-state index contributed by atoms with van der Waals surface area (Å²) in [6.45, 7) is 2.40. The number of carbonyl (C=O) groups is 1. The van der Waals surface area contributed by atoms with Gasteiger partial charge >= 0.3 is 6.01 Å². The topological polar surface area (TPSA) is 115 Å². The molecule has 2 aliphatic heterocycles. The summed E-state index contributed by atoms with van der Waals surface area (Å²) in [5.74, 6) is 0.807. The highest BCUT2D eigenvalue weighted by Crippen LogP contribution is 2.30. The van der Waals surface area contributed by atoms with E-state index in [2.05, 4.69) is 20.4 Å². The molecule has 1 atom stereocenters. The van der Waals surface area contributed by atoms with Crippen molar-refractivity contribution in [2.45, 2.75) is 12.6 Å². The molecule has 10 heteroatoms. The van der Waals surface area contributed by atoms with Gasteiger partial charge in [0.1, 0.15) is 5.82 Å². The van der Waals surface area contributed by atoms with Gasteiger partial charge < -0.3 is 19.4 Å². The Morgan fingerprint density at radius 2 is 1.66 bits per heavy atom. The van der Waals surface area contributed by atoms with Gasteiger partial charge in [0.25, 0.3) is 11.4 Å². The molecule has 0 unspecified atom stereocenters. The number of nitrogens with one attached hydrogen (secondary N) is 1. The molecule has 2 aromatic carbocycles. The van der Waals surface area contributed by atoms with Crippen molar-refractivity contribution in [3.63, 3.8) is 0 Å². The molecule has 4 aromatic rings. The van der Waals surface area contributed by atoms with Gasteiger partial charge in [0.2, 0.25) is 0 Å². The fourth-order valence-electron chi connectivity index (χ4n) is 4.86. The maximum atomic E-state index is 13.3. The van der Waals surface area contributed by atoms with Crippen LogP contribution in [0, 0.1) is 0 Å². The molecule has 0 amide bonds. The average molecular weight is 511 g/mol. The first-order valence-electron chi connectivity index (χ1n) is 12.5. The van der Waals surface area contributed by atoms with Crippen molar-refractivity contribution in [1.29, 1.82) is 0 Å². The highest BCUT2D eigenvalue weighted by Gasteiger charge is 2.28. The zero-order valence-electron chi connectivity index (χ0n) is 20.8. The monoisotopic (exact) mass is 510 g/mol. The molecule has 0 spiro atoms. The zero-order chi connectivity index (χ0) is 26.1. The average Bonchev–Trinajstić information content (AvgIpc) is 3.36. The number of fused-ring (bicyclic) bond motifs is 1. The van der Waals surface area contributed by atoms with Crippen LogP contribution < -0.4 is 15.8 Å². The van der Waals surface area contributed by atoms with E-state index >= 15 is 0 Å². The minimum atomic E-state index is -0.912. The molecule has 10 nitrogen and oxygen atoms in total. The molecule has 192 valence electrons. The third-order valence-corrected chi connectivity index (χ3v) is 6.76. The lowest BCUT2D eigenvalue weighted by Gasteiger charge is -2.31. The number of aliphatic imine (C=N–C) groups is 1. The summed E-state index contributed by atoms with van der Waals surface area (Å²) in [5.41, 5.74) is 3.95. The van der Waals surface area contributed by atoms with Crippen molar-refractivity contribution in [2.75, 3.05) is 36.5 Å². The Morgan fingerprint density at radius 1 is 0.895 bits per heavy atom. The van der Waals surface area contributed by atoms with Gasteiger partial charge in [0.05, 0.1) is 24.5 Å². The number of Topliss-reactive ketones (excluding diaryl/α,β-unsaturated/α-hetero) is 1. The molecule has 1 saturated heterocycles. The Kier molecular flexibility index (Phi) is 6.30. The van der Waals surface area contributed by atoms with E-state index in [0.29, 0.717) is 37.7 Å². The van der Waals surface area contributed by atoms with E-state index in [1.807, 2.05) is 54.6 Å². The second-order valence-electron chi connectivity index (χ2n) is 9.17. The Labute approximate surface area is 218 Å². The summed E-state index contributed by atoms with van der Waals surface area (Å²) >= 11 is 0. The van der Waals surface area contributed by atoms with Gasteiger partial charge in [-0.05, 0) is 11.6 Å². The third kappa shape index (κ3) is 4.50. The van der Waals surface area contributed by atoms with Gasteiger partial charge in [-0.15, -0.1) is 5.10 Å².